The van der Waals surface area contributed by atoms with Crippen LogP contribution in [0.15, 0.2) is 30.3 Å². The number of amides is 1. The number of nitrogens with two attached hydrogens (primary N) is 1. The van der Waals surface area contributed by atoms with Gasteiger partial charge >= 0.3 is 5.97 Å². The molecule has 0 bridgehead atoms. The summed E-state index contributed by atoms with van der Waals surface area (Å²) in [6.07, 6.45) is 1.21. The number of carbonyl (C=O) groups is 3. The van der Waals surface area contributed by atoms with Crippen molar-refractivity contribution in [2.45, 2.75) is 52.3 Å². The maximum Gasteiger partial charge on any atom is 0.329 e. The highest BCUT2D eigenvalue weighted by molar-refractivity contribution is 7.99. The van der Waals surface area contributed by atoms with Crippen LogP contribution in [0.1, 0.15) is 39.2 Å². The first kappa shape index (κ1) is 23.2. The molecule has 7 heteroatoms. The highest BCUT2D eigenvalue weighted by Crippen LogP contribution is 2.12. The molecule has 0 aliphatic carbocycles. The lowest BCUT2D eigenvalue weighted by Crippen LogP contribution is -2.42. The van der Waals surface area contributed by atoms with E-state index in [9.17, 15) is 14.4 Å². The van der Waals surface area contributed by atoms with Crippen LogP contribution in [0.5, 0.6) is 0 Å². The quantitative estimate of drug-likeness (QED) is 0.417. The molecule has 1 rings (SSSR count). The third-order valence-corrected chi connectivity index (χ3v) is 5.35. The van der Waals surface area contributed by atoms with Crippen molar-refractivity contribution >= 4 is 29.4 Å². The van der Waals surface area contributed by atoms with Crippen molar-refractivity contribution in [2.24, 2.45) is 11.7 Å². The summed E-state index contributed by atoms with van der Waals surface area (Å²) in [4.78, 5) is 35.7. The second kappa shape index (κ2) is 12.5. The minimum Gasteiger partial charge on any atom is -0.459 e. The van der Waals surface area contributed by atoms with Crippen molar-refractivity contribution in [3.05, 3.63) is 35.9 Å². The standard InChI is InChI=1S/C20H30N2O4S/c1-4-14(2)19(21)18(24)10-11-27-13-17(22-15(3)23)20(25)26-12-16-8-6-5-7-9-16/h5-9,14,17,19H,4,10-13,21H2,1-3H3,(H,22,23)/t14-,17-,19-/m0/s1. The van der Waals surface area contributed by atoms with Gasteiger partial charge in [-0.3, -0.25) is 9.59 Å². The van der Waals surface area contributed by atoms with Crippen LogP contribution in [0, 0.1) is 5.92 Å². The van der Waals surface area contributed by atoms with E-state index in [2.05, 4.69) is 5.32 Å². The van der Waals surface area contributed by atoms with E-state index in [4.69, 9.17) is 10.5 Å². The van der Waals surface area contributed by atoms with E-state index in [1.54, 1.807) is 0 Å². The van der Waals surface area contributed by atoms with Gasteiger partial charge in [0.05, 0.1) is 6.04 Å². The molecule has 0 heterocycles. The van der Waals surface area contributed by atoms with E-state index < -0.39 is 18.1 Å². The highest BCUT2D eigenvalue weighted by Gasteiger charge is 2.22. The Kier molecular flexibility index (Phi) is 10.7. The molecule has 1 amide bonds. The molecule has 0 spiro atoms. The second-order valence-corrected chi connectivity index (χ2v) is 7.70. The highest BCUT2D eigenvalue weighted by atomic mass is 32.2. The van der Waals surface area contributed by atoms with Gasteiger partial charge < -0.3 is 15.8 Å². The Hall–Kier alpha value is -1.86. The predicted octanol–water partition coefficient (Wildman–Crippen LogP) is 2.30. The lowest BCUT2D eigenvalue weighted by molar-refractivity contribution is -0.148. The molecule has 0 aliphatic rings. The summed E-state index contributed by atoms with van der Waals surface area (Å²) < 4.78 is 5.30. The van der Waals surface area contributed by atoms with Crippen LogP contribution < -0.4 is 11.1 Å². The maximum absolute atomic E-state index is 12.3. The Morgan fingerprint density at radius 2 is 1.89 bits per heavy atom. The fourth-order valence-electron chi connectivity index (χ4n) is 2.36. The van der Waals surface area contributed by atoms with Gasteiger partial charge in [0, 0.05) is 24.9 Å². The van der Waals surface area contributed by atoms with E-state index >= 15 is 0 Å². The van der Waals surface area contributed by atoms with Gasteiger partial charge in [0.2, 0.25) is 5.91 Å². The summed E-state index contributed by atoms with van der Waals surface area (Å²) >= 11 is 1.43. The molecule has 0 fully saturated rings. The van der Waals surface area contributed by atoms with Gasteiger partial charge in [-0.15, -0.1) is 0 Å². The number of benzene rings is 1. The molecule has 1 aromatic rings. The molecule has 27 heavy (non-hydrogen) atoms. The number of nitrogens with one attached hydrogen (secondary N) is 1. The first-order valence-corrected chi connectivity index (χ1v) is 10.3. The molecule has 0 radical (unpaired) electrons. The molecular weight excluding hydrogens is 364 g/mol. The number of hydrogen-bond acceptors (Lipinski definition) is 6. The zero-order chi connectivity index (χ0) is 20.2. The first-order valence-electron chi connectivity index (χ1n) is 9.18. The molecule has 3 atom stereocenters. The maximum atomic E-state index is 12.3. The number of esters is 1. The van der Waals surface area contributed by atoms with Crippen LogP contribution in [0.2, 0.25) is 0 Å². The van der Waals surface area contributed by atoms with Crippen LogP contribution in [0.25, 0.3) is 0 Å². The third-order valence-electron chi connectivity index (χ3n) is 4.29. The van der Waals surface area contributed by atoms with Crippen LogP contribution in [0.4, 0.5) is 0 Å². The van der Waals surface area contributed by atoms with E-state index in [-0.39, 0.29) is 24.2 Å². The fraction of sp³-hybridized carbons (Fsp3) is 0.550. The zero-order valence-corrected chi connectivity index (χ0v) is 17.1. The van der Waals surface area contributed by atoms with Gasteiger partial charge in [0.1, 0.15) is 12.6 Å². The number of thioether (sulfide) groups is 1. The van der Waals surface area contributed by atoms with Crippen molar-refractivity contribution < 1.29 is 19.1 Å². The Morgan fingerprint density at radius 1 is 1.22 bits per heavy atom. The van der Waals surface area contributed by atoms with Crippen molar-refractivity contribution in [3.8, 4) is 0 Å². The SMILES string of the molecule is CC[C@H](C)[C@H](N)C(=O)CCSC[C@H](NC(C)=O)C(=O)OCc1ccccc1. The molecule has 0 unspecified atom stereocenters. The van der Waals surface area contributed by atoms with Gasteiger partial charge in [-0.25, -0.2) is 4.79 Å². The van der Waals surface area contributed by atoms with Crippen LogP contribution in [-0.2, 0) is 25.7 Å². The molecule has 0 aromatic heterocycles. The normalized spacial score (nSPS) is 14.1. The summed E-state index contributed by atoms with van der Waals surface area (Å²) in [6, 6.07) is 8.16. The van der Waals surface area contributed by atoms with Gasteiger partial charge in [-0.05, 0) is 11.5 Å². The fourth-order valence-corrected chi connectivity index (χ4v) is 3.32. The summed E-state index contributed by atoms with van der Waals surface area (Å²) in [7, 11) is 0. The van der Waals surface area contributed by atoms with Gasteiger partial charge in [0.25, 0.3) is 0 Å². The summed E-state index contributed by atoms with van der Waals surface area (Å²) in [5, 5.41) is 2.61. The lowest BCUT2D eigenvalue weighted by atomic mass is 9.95. The monoisotopic (exact) mass is 394 g/mol. The largest absolute Gasteiger partial charge is 0.459 e. The van der Waals surface area contributed by atoms with Crippen molar-refractivity contribution in [3.63, 3.8) is 0 Å². The molecule has 1 aromatic carbocycles. The number of ether oxygens (including phenoxy) is 1. The minimum absolute atomic E-state index is 0.0274. The van der Waals surface area contributed by atoms with E-state index in [0.717, 1.165) is 12.0 Å². The molecule has 0 saturated heterocycles. The summed E-state index contributed by atoms with van der Waals surface area (Å²) in [6.45, 7) is 5.48. The van der Waals surface area contributed by atoms with Crippen LogP contribution in [-0.4, -0.2) is 41.2 Å². The van der Waals surface area contributed by atoms with Crippen molar-refractivity contribution in [1.29, 1.82) is 0 Å². The molecule has 0 aliphatic heterocycles. The number of rotatable bonds is 12. The molecule has 6 nitrogen and oxygen atoms in total. The summed E-state index contributed by atoms with van der Waals surface area (Å²) in [5.74, 6) is 0.294. The van der Waals surface area contributed by atoms with Crippen LogP contribution in [0.3, 0.4) is 0 Å². The number of carbonyl (C=O) groups excluding carboxylic acids is 3. The van der Waals surface area contributed by atoms with Crippen molar-refractivity contribution in [1.82, 2.24) is 5.32 Å². The lowest BCUT2D eigenvalue weighted by Gasteiger charge is -2.18. The smallest absolute Gasteiger partial charge is 0.329 e. The van der Waals surface area contributed by atoms with E-state index in [0.29, 0.717) is 17.9 Å². The Labute approximate surface area is 165 Å². The minimum atomic E-state index is -0.741. The Bertz CT molecular complexity index is 609. The number of Topliss-reactive ketones (excluding diaryl/α,β-unsaturated/α-hetero) is 1. The van der Waals surface area contributed by atoms with Crippen molar-refractivity contribution in [2.75, 3.05) is 11.5 Å². The average Bonchev–Trinajstić information content (AvgIpc) is 2.67. The van der Waals surface area contributed by atoms with E-state index in [1.807, 2.05) is 44.2 Å². The molecule has 3 N–H and O–H groups in total. The molecular formula is C20H30N2O4S. The molecule has 0 saturated carbocycles. The number of ketones is 1. The Morgan fingerprint density at radius 3 is 2.48 bits per heavy atom. The van der Waals surface area contributed by atoms with E-state index in [1.165, 1.54) is 18.7 Å². The van der Waals surface area contributed by atoms with Crippen LogP contribution >= 0.6 is 11.8 Å². The topological polar surface area (TPSA) is 98.5 Å². The number of hydrogen-bond donors (Lipinski definition) is 2. The van der Waals surface area contributed by atoms with Gasteiger partial charge in [0.15, 0.2) is 5.78 Å². The Balaban J connectivity index is 2.44. The van der Waals surface area contributed by atoms with Gasteiger partial charge in [-0.1, -0.05) is 50.6 Å². The third kappa shape index (κ3) is 9.06. The van der Waals surface area contributed by atoms with Gasteiger partial charge in [-0.2, -0.15) is 11.8 Å². The predicted molar refractivity (Wildman–Crippen MR) is 108 cm³/mol. The average molecular weight is 395 g/mol. The first-order chi connectivity index (χ1) is 12.8. The molecule has 150 valence electrons. The second-order valence-electron chi connectivity index (χ2n) is 6.55. The zero-order valence-electron chi connectivity index (χ0n) is 16.3. The summed E-state index contributed by atoms with van der Waals surface area (Å²) in [5.41, 5.74) is 6.81.